The average Bonchev–Trinajstić information content (AvgIpc) is 2.36. The van der Waals surface area contributed by atoms with Gasteiger partial charge in [-0.2, -0.15) is 0 Å². The summed E-state index contributed by atoms with van der Waals surface area (Å²) in [6.07, 6.45) is 0. The molecule has 110 valence electrons. The first-order valence-corrected chi connectivity index (χ1v) is 6.99. The summed E-state index contributed by atoms with van der Waals surface area (Å²) in [7, 11) is -2.65. The van der Waals surface area contributed by atoms with Crippen molar-refractivity contribution < 1.29 is 32.7 Å². The van der Waals surface area contributed by atoms with Gasteiger partial charge in [0.25, 0.3) is 0 Å². The molecule has 0 amide bonds. The number of rotatable bonds is 7. The molecule has 0 spiro atoms. The summed E-state index contributed by atoms with van der Waals surface area (Å²) in [6.45, 7) is -0.790. The van der Waals surface area contributed by atoms with Crippen LogP contribution in [0, 0.1) is 0 Å². The smallest absolute Gasteiger partial charge is 0.337 e. The van der Waals surface area contributed by atoms with Crippen molar-refractivity contribution in [2.24, 2.45) is 0 Å². The predicted molar refractivity (Wildman–Crippen MR) is 67.1 cm³/mol. The van der Waals surface area contributed by atoms with Crippen LogP contribution in [0.15, 0.2) is 24.3 Å². The third kappa shape index (κ3) is 5.34. The van der Waals surface area contributed by atoms with Crippen molar-refractivity contribution in [2.45, 2.75) is 5.75 Å². The van der Waals surface area contributed by atoms with Gasteiger partial charge in [-0.15, -0.1) is 0 Å². The third-order valence-corrected chi connectivity index (χ3v) is 3.17. The van der Waals surface area contributed by atoms with Gasteiger partial charge < -0.3 is 9.84 Å². The number of carbonyl (C=O) groups is 2. The summed E-state index contributed by atoms with van der Waals surface area (Å²) in [5.74, 6) is -2.35. The molecule has 0 atom stereocenters. The number of carboxylic acid groups (broad SMARTS) is 1. The molecule has 0 radical (unpaired) electrons. The molecule has 2 N–H and O–H groups in total. The van der Waals surface area contributed by atoms with Crippen molar-refractivity contribution in [2.75, 3.05) is 13.7 Å². The van der Waals surface area contributed by atoms with E-state index in [1.807, 2.05) is 0 Å². The van der Waals surface area contributed by atoms with Gasteiger partial charge in [0.05, 0.1) is 18.4 Å². The van der Waals surface area contributed by atoms with Crippen LogP contribution in [-0.2, 0) is 30.1 Å². The number of nitrogens with one attached hydrogen (secondary N) is 1. The molecular weight excluding hydrogens is 290 g/mol. The quantitative estimate of drug-likeness (QED) is 0.533. The number of ether oxygens (including phenoxy) is 1. The fourth-order valence-electron chi connectivity index (χ4n) is 1.34. The van der Waals surface area contributed by atoms with Crippen molar-refractivity contribution in [3.63, 3.8) is 0 Å². The van der Waals surface area contributed by atoms with Crippen LogP contribution >= 0.6 is 0 Å². The zero-order chi connectivity index (χ0) is 15.2. The fourth-order valence-corrected chi connectivity index (χ4v) is 2.25. The lowest BCUT2D eigenvalue weighted by Crippen LogP contribution is -2.28. The van der Waals surface area contributed by atoms with Crippen LogP contribution in [0.25, 0.3) is 0 Å². The normalized spacial score (nSPS) is 11.1. The van der Waals surface area contributed by atoms with Gasteiger partial charge in [-0.3, -0.25) is 4.84 Å². The minimum atomic E-state index is -3.87. The van der Waals surface area contributed by atoms with E-state index >= 15 is 0 Å². The Hall–Kier alpha value is -1.97. The number of hydrogen-bond acceptors (Lipinski definition) is 6. The molecule has 0 aliphatic heterocycles. The van der Waals surface area contributed by atoms with Crippen molar-refractivity contribution in [1.82, 2.24) is 4.89 Å². The van der Waals surface area contributed by atoms with Gasteiger partial charge in [0, 0.05) is 0 Å². The van der Waals surface area contributed by atoms with E-state index in [1.54, 1.807) is 4.89 Å². The maximum Gasteiger partial charge on any atom is 0.337 e. The molecular formula is C11H13NO7S. The summed E-state index contributed by atoms with van der Waals surface area (Å²) in [4.78, 5) is 27.5. The molecule has 0 aliphatic carbocycles. The topological polar surface area (TPSA) is 119 Å². The van der Waals surface area contributed by atoms with Crippen molar-refractivity contribution >= 4 is 22.0 Å². The molecule has 0 unspecified atom stereocenters. The summed E-state index contributed by atoms with van der Waals surface area (Å²) in [6, 6.07) is 5.86. The maximum atomic E-state index is 11.6. The van der Waals surface area contributed by atoms with Gasteiger partial charge in [-0.25, -0.2) is 18.0 Å². The van der Waals surface area contributed by atoms with Gasteiger partial charge >= 0.3 is 11.9 Å². The lowest BCUT2D eigenvalue weighted by Gasteiger charge is -2.07. The summed E-state index contributed by atoms with van der Waals surface area (Å²) >= 11 is 0. The van der Waals surface area contributed by atoms with Crippen LogP contribution in [0.4, 0.5) is 0 Å². The minimum Gasteiger partial charge on any atom is -0.479 e. The summed E-state index contributed by atoms with van der Waals surface area (Å²) < 4.78 is 27.7. The van der Waals surface area contributed by atoms with Crippen molar-refractivity contribution in [3.8, 4) is 0 Å². The van der Waals surface area contributed by atoms with Gasteiger partial charge in [0.1, 0.15) is 0 Å². The number of methoxy groups -OCH3 is 1. The van der Waals surface area contributed by atoms with Crippen LogP contribution in [0.5, 0.6) is 0 Å². The van der Waals surface area contributed by atoms with Crippen LogP contribution < -0.4 is 4.89 Å². The molecule has 0 aromatic heterocycles. The Balaban J connectivity index is 2.72. The molecule has 0 aliphatic rings. The molecule has 0 fully saturated rings. The highest BCUT2D eigenvalue weighted by atomic mass is 32.2. The first-order valence-electron chi connectivity index (χ1n) is 5.34. The van der Waals surface area contributed by atoms with E-state index in [0.29, 0.717) is 5.56 Å². The number of benzene rings is 1. The predicted octanol–water partition coefficient (Wildman–Crippen LogP) is -0.0912. The molecule has 0 saturated heterocycles. The molecule has 20 heavy (non-hydrogen) atoms. The highest BCUT2D eigenvalue weighted by Gasteiger charge is 2.14. The Morgan fingerprint density at radius 3 is 2.65 bits per heavy atom. The fraction of sp³-hybridized carbons (Fsp3) is 0.273. The number of carbonyl (C=O) groups excluding carboxylic acids is 1. The van der Waals surface area contributed by atoms with Crippen LogP contribution in [0.2, 0.25) is 0 Å². The van der Waals surface area contributed by atoms with Gasteiger partial charge in [-0.1, -0.05) is 17.0 Å². The SMILES string of the molecule is COC(=O)c1cccc(CS(=O)(=O)NOCC(=O)O)c1. The van der Waals surface area contributed by atoms with E-state index in [0.717, 1.165) is 0 Å². The molecule has 0 bridgehead atoms. The highest BCUT2D eigenvalue weighted by molar-refractivity contribution is 7.88. The number of sulfonamides is 1. The Morgan fingerprint density at radius 2 is 2.05 bits per heavy atom. The molecule has 1 aromatic rings. The molecule has 9 heteroatoms. The van der Waals surface area contributed by atoms with Crippen molar-refractivity contribution in [3.05, 3.63) is 35.4 Å². The van der Waals surface area contributed by atoms with E-state index in [-0.39, 0.29) is 5.56 Å². The monoisotopic (exact) mass is 303 g/mol. The Morgan fingerprint density at radius 1 is 1.35 bits per heavy atom. The Labute approximate surface area is 115 Å². The maximum absolute atomic E-state index is 11.6. The van der Waals surface area contributed by atoms with Crippen LogP contribution in [0.3, 0.4) is 0 Å². The van der Waals surface area contributed by atoms with E-state index < -0.39 is 34.3 Å². The van der Waals surface area contributed by atoms with E-state index in [1.165, 1.54) is 31.4 Å². The van der Waals surface area contributed by atoms with Gasteiger partial charge in [-0.05, 0) is 17.7 Å². The molecule has 0 heterocycles. The number of esters is 1. The number of hydrogen-bond donors (Lipinski definition) is 2. The van der Waals surface area contributed by atoms with Crippen molar-refractivity contribution in [1.29, 1.82) is 0 Å². The minimum absolute atomic E-state index is 0.214. The second-order valence-corrected chi connectivity index (χ2v) is 5.40. The van der Waals surface area contributed by atoms with E-state index in [4.69, 9.17) is 5.11 Å². The summed E-state index contributed by atoms with van der Waals surface area (Å²) in [5, 5.41) is 8.31. The second kappa shape index (κ2) is 6.98. The first-order chi connectivity index (χ1) is 9.34. The number of aliphatic carboxylic acids is 1. The second-order valence-electron chi connectivity index (χ2n) is 3.72. The third-order valence-electron chi connectivity index (χ3n) is 2.09. The Bertz CT molecular complexity index is 597. The standard InChI is InChI=1S/C11H13NO7S/c1-18-11(15)9-4-2-3-8(5-9)7-20(16,17)12-19-6-10(13)14/h2-5,12H,6-7H2,1H3,(H,13,14). The molecule has 1 rings (SSSR count). The average molecular weight is 303 g/mol. The summed E-state index contributed by atoms with van der Waals surface area (Å²) in [5.41, 5.74) is 0.547. The van der Waals surface area contributed by atoms with Crippen LogP contribution in [0.1, 0.15) is 15.9 Å². The van der Waals surface area contributed by atoms with Crippen LogP contribution in [-0.4, -0.2) is 39.2 Å². The number of carboxylic acids is 1. The molecule has 8 nitrogen and oxygen atoms in total. The highest BCUT2D eigenvalue weighted by Crippen LogP contribution is 2.09. The molecule has 1 aromatic carbocycles. The zero-order valence-electron chi connectivity index (χ0n) is 10.5. The Kier molecular flexibility index (Phi) is 5.62. The van der Waals surface area contributed by atoms with E-state index in [2.05, 4.69) is 9.57 Å². The molecule has 0 saturated carbocycles. The lowest BCUT2D eigenvalue weighted by atomic mass is 10.1. The largest absolute Gasteiger partial charge is 0.479 e. The first kappa shape index (κ1) is 16.1. The van der Waals surface area contributed by atoms with Gasteiger partial charge in [0.15, 0.2) is 6.61 Å². The lowest BCUT2D eigenvalue weighted by molar-refractivity contribution is -0.143. The van der Waals surface area contributed by atoms with E-state index in [9.17, 15) is 18.0 Å². The zero-order valence-corrected chi connectivity index (χ0v) is 11.3. The van der Waals surface area contributed by atoms with Gasteiger partial charge in [0.2, 0.25) is 10.0 Å².